The summed E-state index contributed by atoms with van der Waals surface area (Å²) in [6, 6.07) is 14.9. The lowest BCUT2D eigenvalue weighted by molar-refractivity contribution is -0.152. The van der Waals surface area contributed by atoms with E-state index in [9.17, 15) is 9.59 Å². The van der Waals surface area contributed by atoms with Gasteiger partial charge in [-0.2, -0.15) is 0 Å². The van der Waals surface area contributed by atoms with Crippen LogP contribution in [0.2, 0.25) is 0 Å². The summed E-state index contributed by atoms with van der Waals surface area (Å²) < 4.78 is 10.6. The van der Waals surface area contributed by atoms with Crippen LogP contribution in [0.25, 0.3) is 10.9 Å². The molecule has 5 nitrogen and oxygen atoms in total. The summed E-state index contributed by atoms with van der Waals surface area (Å²) >= 11 is 0. The minimum Gasteiger partial charge on any atom is -0.447 e. The molecular weight excluding hydrogens is 342 g/mol. The van der Waals surface area contributed by atoms with Gasteiger partial charge in [0.2, 0.25) is 5.78 Å². The largest absolute Gasteiger partial charge is 0.447 e. The van der Waals surface area contributed by atoms with Crippen molar-refractivity contribution in [2.45, 2.75) is 26.4 Å². The van der Waals surface area contributed by atoms with Crippen molar-refractivity contribution in [2.24, 2.45) is 0 Å². The van der Waals surface area contributed by atoms with Crippen molar-refractivity contribution < 1.29 is 19.1 Å². The summed E-state index contributed by atoms with van der Waals surface area (Å²) in [5.74, 6) is -0.821. The first-order valence-electron chi connectivity index (χ1n) is 9.11. The van der Waals surface area contributed by atoms with Crippen molar-refractivity contribution in [1.29, 1.82) is 0 Å². The van der Waals surface area contributed by atoms with Gasteiger partial charge in [-0.15, -0.1) is 0 Å². The van der Waals surface area contributed by atoms with Crippen LogP contribution < -0.4 is 0 Å². The fourth-order valence-corrected chi connectivity index (χ4v) is 3.11. The molecule has 0 saturated heterocycles. The van der Waals surface area contributed by atoms with E-state index in [1.54, 1.807) is 25.3 Å². The molecule has 140 valence electrons. The van der Waals surface area contributed by atoms with Gasteiger partial charge in [-0.1, -0.05) is 55.5 Å². The molecule has 5 heteroatoms. The van der Waals surface area contributed by atoms with Crippen LogP contribution in [0, 0.1) is 0 Å². The Balaban J connectivity index is 1.97. The number of carbonyl (C=O) groups excluding carboxylic acids is 2. The molecule has 3 rings (SSSR count). The van der Waals surface area contributed by atoms with Crippen LogP contribution in [0.3, 0.4) is 0 Å². The molecule has 1 heterocycles. The van der Waals surface area contributed by atoms with Crippen LogP contribution in [0.15, 0.2) is 54.7 Å². The normalized spacial score (nSPS) is 12.1. The number of hydrogen-bond donors (Lipinski definition) is 1. The lowest BCUT2D eigenvalue weighted by Gasteiger charge is -2.17. The Morgan fingerprint density at radius 3 is 2.52 bits per heavy atom. The first kappa shape index (κ1) is 18.9. The minimum absolute atomic E-state index is 0.180. The van der Waals surface area contributed by atoms with Crippen molar-refractivity contribution >= 4 is 22.7 Å². The first-order chi connectivity index (χ1) is 13.2. The summed E-state index contributed by atoms with van der Waals surface area (Å²) in [5.41, 5.74) is 3.22. The van der Waals surface area contributed by atoms with Gasteiger partial charge in [0.25, 0.3) is 0 Å². The van der Waals surface area contributed by atoms with Gasteiger partial charge in [-0.3, -0.25) is 4.79 Å². The van der Waals surface area contributed by atoms with Crippen LogP contribution >= 0.6 is 0 Å². The average molecular weight is 365 g/mol. The third-order valence-corrected chi connectivity index (χ3v) is 4.46. The smallest absolute Gasteiger partial charge is 0.333 e. The average Bonchev–Trinajstić information content (AvgIpc) is 3.15. The summed E-state index contributed by atoms with van der Waals surface area (Å²) in [7, 11) is 0. The number of carbonyl (C=O) groups is 2. The predicted molar refractivity (Wildman–Crippen MR) is 104 cm³/mol. The molecule has 0 amide bonds. The number of hydrogen-bond acceptors (Lipinski definition) is 4. The summed E-state index contributed by atoms with van der Waals surface area (Å²) in [6.45, 7) is 4.09. The number of ketones is 1. The minimum atomic E-state index is -1.01. The molecule has 1 atom stereocenters. The highest BCUT2D eigenvalue weighted by atomic mass is 16.6. The van der Waals surface area contributed by atoms with E-state index in [0.717, 1.165) is 22.9 Å². The zero-order valence-corrected chi connectivity index (χ0v) is 15.5. The fraction of sp³-hybridized carbons (Fsp3) is 0.273. The van der Waals surface area contributed by atoms with E-state index in [0.29, 0.717) is 17.7 Å². The van der Waals surface area contributed by atoms with Gasteiger partial charge in [0.05, 0.1) is 0 Å². The molecule has 0 fully saturated rings. The number of fused-ring (bicyclic) bond motifs is 1. The van der Waals surface area contributed by atoms with Gasteiger partial charge in [0.1, 0.15) is 6.61 Å². The van der Waals surface area contributed by atoms with E-state index in [2.05, 4.69) is 11.9 Å². The molecule has 0 saturated carbocycles. The Hall–Kier alpha value is -2.92. The highest BCUT2D eigenvalue weighted by Gasteiger charge is 2.28. The highest BCUT2D eigenvalue weighted by molar-refractivity contribution is 6.11. The van der Waals surface area contributed by atoms with Crippen LogP contribution in [0.1, 0.15) is 41.4 Å². The second-order valence-corrected chi connectivity index (χ2v) is 6.18. The Morgan fingerprint density at radius 1 is 1.04 bits per heavy atom. The van der Waals surface area contributed by atoms with E-state index in [4.69, 9.17) is 9.47 Å². The molecule has 1 aromatic heterocycles. The van der Waals surface area contributed by atoms with E-state index < -0.39 is 12.1 Å². The zero-order chi connectivity index (χ0) is 19.2. The molecule has 0 unspecified atom stereocenters. The molecule has 27 heavy (non-hydrogen) atoms. The number of Topliss-reactive ketones (excluding diaryl/α,β-unsaturated/α-hetero) is 1. The Labute approximate surface area is 158 Å². The van der Waals surface area contributed by atoms with Crippen molar-refractivity contribution in [3.8, 4) is 0 Å². The number of benzene rings is 2. The number of rotatable bonds is 8. The van der Waals surface area contributed by atoms with E-state index in [1.165, 1.54) is 0 Å². The number of aryl methyl sites for hydroxylation is 1. The Morgan fingerprint density at radius 2 is 1.81 bits per heavy atom. The quantitative estimate of drug-likeness (QED) is 0.479. The molecule has 2 aromatic carbocycles. The standard InChI is InChI=1S/C22H23NO4/c1-3-15-11-8-12-17-18(13-23-20(15)17)21(25)22(16-9-6-5-7-10-16)27-19(24)14-26-4-2/h5-13,22-23H,3-4,14H2,1-2H3/t22-/m0/s1. The lowest BCUT2D eigenvalue weighted by atomic mass is 9.98. The van der Waals surface area contributed by atoms with Gasteiger partial charge in [-0.25, -0.2) is 4.79 Å². The highest BCUT2D eigenvalue weighted by Crippen LogP contribution is 2.28. The maximum Gasteiger partial charge on any atom is 0.333 e. The third-order valence-electron chi connectivity index (χ3n) is 4.46. The number of aromatic nitrogens is 1. The van der Waals surface area contributed by atoms with Gasteiger partial charge in [0, 0.05) is 34.8 Å². The second kappa shape index (κ2) is 8.64. The molecule has 0 spiro atoms. The van der Waals surface area contributed by atoms with Crippen LogP contribution in [-0.4, -0.2) is 30.0 Å². The number of nitrogens with one attached hydrogen (secondary N) is 1. The summed E-state index contributed by atoms with van der Waals surface area (Å²) in [6.07, 6.45) is 1.54. The number of para-hydroxylation sites is 1. The monoisotopic (exact) mass is 365 g/mol. The lowest BCUT2D eigenvalue weighted by Crippen LogP contribution is -2.22. The van der Waals surface area contributed by atoms with Crippen LogP contribution in [0.4, 0.5) is 0 Å². The number of H-pyrrole nitrogens is 1. The second-order valence-electron chi connectivity index (χ2n) is 6.18. The predicted octanol–water partition coefficient (Wildman–Crippen LogP) is 4.23. The Bertz CT molecular complexity index is 930. The van der Waals surface area contributed by atoms with Crippen LogP contribution in [0.5, 0.6) is 0 Å². The van der Waals surface area contributed by atoms with E-state index in [-0.39, 0.29) is 12.4 Å². The zero-order valence-electron chi connectivity index (χ0n) is 15.5. The number of ether oxygens (including phenoxy) is 2. The number of aromatic amines is 1. The van der Waals surface area contributed by atoms with Gasteiger partial charge >= 0.3 is 5.97 Å². The molecule has 3 aromatic rings. The first-order valence-corrected chi connectivity index (χ1v) is 9.11. The molecule has 0 aliphatic heterocycles. The van der Waals surface area contributed by atoms with Crippen molar-refractivity contribution in [3.05, 3.63) is 71.4 Å². The van der Waals surface area contributed by atoms with Crippen LogP contribution in [-0.2, 0) is 20.7 Å². The van der Waals surface area contributed by atoms with Crippen molar-refractivity contribution in [2.75, 3.05) is 13.2 Å². The molecular formula is C22H23NO4. The maximum atomic E-state index is 13.3. The van der Waals surface area contributed by atoms with E-state index in [1.807, 2.05) is 36.4 Å². The van der Waals surface area contributed by atoms with Gasteiger partial charge in [0.15, 0.2) is 6.10 Å². The molecule has 0 aliphatic rings. The SMILES string of the molecule is CCOCC(=O)O[C@H](C(=O)c1c[nH]c2c(CC)cccc12)c1ccccc1. The Kier molecular flexibility index (Phi) is 6.04. The number of esters is 1. The van der Waals surface area contributed by atoms with Crippen molar-refractivity contribution in [1.82, 2.24) is 4.98 Å². The molecule has 1 N–H and O–H groups in total. The van der Waals surface area contributed by atoms with Gasteiger partial charge in [-0.05, 0) is 18.9 Å². The third kappa shape index (κ3) is 4.09. The van der Waals surface area contributed by atoms with Gasteiger partial charge < -0.3 is 14.5 Å². The summed E-state index contributed by atoms with van der Waals surface area (Å²) in [5, 5.41) is 0.834. The summed E-state index contributed by atoms with van der Waals surface area (Å²) in [4.78, 5) is 28.6. The molecule has 0 aliphatic carbocycles. The fourth-order valence-electron chi connectivity index (χ4n) is 3.11. The maximum absolute atomic E-state index is 13.3. The molecule has 0 bridgehead atoms. The van der Waals surface area contributed by atoms with E-state index >= 15 is 0 Å². The topological polar surface area (TPSA) is 68.4 Å². The van der Waals surface area contributed by atoms with Crippen molar-refractivity contribution in [3.63, 3.8) is 0 Å². The molecule has 0 radical (unpaired) electrons.